The van der Waals surface area contributed by atoms with E-state index in [4.69, 9.17) is 11.5 Å². The van der Waals surface area contributed by atoms with Crippen molar-refractivity contribution in [3.05, 3.63) is 53.6 Å². The Balaban J connectivity index is 2.17. The van der Waals surface area contributed by atoms with Gasteiger partial charge < -0.3 is 21.7 Å². The maximum atomic E-state index is 9.41. The molecule has 4 nitrogen and oxygen atoms in total. The van der Waals surface area contributed by atoms with E-state index in [2.05, 4.69) is 0 Å². The van der Waals surface area contributed by atoms with Gasteiger partial charge in [-0.05, 0) is 41.3 Å². The van der Waals surface area contributed by atoms with E-state index < -0.39 is 0 Å². The quantitative estimate of drug-likeness (QED) is 0.509. The highest BCUT2D eigenvalue weighted by molar-refractivity contribution is 5.62. The highest BCUT2D eigenvalue weighted by Crippen LogP contribution is 2.27. The van der Waals surface area contributed by atoms with Crippen LogP contribution in [-0.4, -0.2) is 10.2 Å². The van der Waals surface area contributed by atoms with E-state index in [1.807, 2.05) is 25.1 Å². The van der Waals surface area contributed by atoms with Crippen molar-refractivity contribution in [2.45, 2.75) is 12.8 Å². The Labute approximate surface area is 118 Å². The van der Waals surface area contributed by atoms with Crippen LogP contribution < -0.4 is 11.5 Å². The molecule has 2 aromatic carbocycles. The largest absolute Gasteiger partial charge is 0.506 e. The first-order valence-corrected chi connectivity index (χ1v) is 6.32. The smallest absolute Gasteiger partial charge is 0.138 e. The standard InChI is InChI=1S/C16H18N2O2/c1-10(12-5-7-16(20)14(18)9-12)2-3-11-4-6-15(19)13(17)8-11/h2-10,19-20H,17-18H2,1H3/b3-2+. The van der Waals surface area contributed by atoms with Gasteiger partial charge in [-0.15, -0.1) is 0 Å². The van der Waals surface area contributed by atoms with Crippen molar-refractivity contribution in [3.8, 4) is 11.5 Å². The zero-order valence-electron chi connectivity index (χ0n) is 11.2. The number of allylic oxidation sites excluding steroid dienone is 1. The molecule has 0 aliphatic carbocycles. The molecule has 0 saturated heterocycles. The number of hydrogen-bond acceptors (Lipinski definition) is 4. The molecule has 0 amide bonds. The summed E-state index contributed by atoms with van der Waals surface area (Å²) in [4.78, 5) is 0. The minimum atomic E-state index is 0.0847. The van der Waals surface area contributed by atoms with E-state index in [0.717, 1.165) is 11.1 Å². The number of nitrogens with two attached hydrogens (primary N) is 2. The highest BCUT2D eigenvalue weighted by atomic mass is 16.3. The molecular formula is C16H18N2O2. The molecule has 1 atom stereocenters. The summed E-state index contributed by atoms with van der Waals surface area (Å²) in [5, 5.41) is 18.8. The molecule has 0 heterocycles. The lowest BCUT2D eigenvalue weighted by Gasteiger charge is -2.09. The van der Waals surface area contributed by atoms with Crippen molar-refractivity contribution >= 4 is 17.5 Å². The lowest BCUT2D eigenvalue weighted by molar-refractivity contribution is 0.477. The third kappa shape index (κ3) is 3.03. The molecule has 0 saturated carbocycles. The molecule has 0 fully saturated rings. The SMILES string of the molecule is CC(/C=C/c1ccc(O)c(N)c1)c1ccc(O)c(N)c1. The molecule has 20 heavy (non-hydrogen) atoms. The van der Waals surface area contributed by atoms with Crippen molar-refractivity contribution < 1.29 is 10.2 Å². The van der Waals surface area contributed by atoms with Gasteiger partial charge in [-0.3, -0.25) is 0 Å². The fourth-order valence-corrected chi connectivity index (χ4v) is 1.90. The van der Waals surface area contributed by atoms with Crippen LogP contribution in [0.5, 0.6) is 11.5 Å². The van der Waals surface area contributed by atoms with Gasteiger partial charge in [0.1, 0.15) is 11.5 Å². The average molecular weight is 270 g/mol. The van der Waals surface area contributed by atoms with Gasteiger partial charge in [0, 0.05) is 0 Å². The van der Waals surface area contributed by atoms with Crippen molar-refractivity contribution in [3.63, 3.8) is 0 Å². The lowest BCUT2D eigenvalue weighted by atomic mass is 9.99. The van der Waals surface area contributed by atoms with E-state index in [-0.39, 0.29) is 17.4 Å². The summed E-state index contributed by atoms with van der Waals surface area (Å²) in [6.07, 6.45) is 3.95. The second-order valence-electron chi connectivity index (χ2n) is 4.78. The van der Waals surface area contributed by atoms with Crippen molar-refractivity contribution in [2.75, 3.05) is 11.5 Å². The van der Waals surface area contributed by atoms with Gasteiger partial charge >= 0.3 is 0 Å². The summed E-state index contributed by atoms with van der Waals surface area (Å²) in [5.41, 5.74) is 14.0. The van der Waals surface area contributed by atoms with Crippen LogP contribution in [-0.2, 0) is 0 Å². The Morgan fingerprint density at radius 2 is 1.55 bits per heavy atom. The van der Waals surface area contributed by atoms with E-state index in [1.54, 1.807) is 30.3 Å². The topological polar surface area (TPSA) is 92.5 Å². The van der Waals surface area contributed by atoms with Crippen LogP contribution in [0.15, 0.2) is 42.5 Å². The Bertz CT molecular complexity index is 651. The Morgan fingerprint density at radius 3 is 2.15 bits per heavy atom. The Kier molecular flexibility index (Phi) is 3.84. The fourth-order valence-electron chi connectivity index (χ4n) is 1.90. The molecule has 0 spiro atoms. The number of hydrogen-bond donors (Lipinski definition) is 4. The number of nitrogen functional groups attached to an aromatic ring is 2. The minimum absolute atomic E-state index is 0.0847. The minimum Gasteiger partial charge on any atom is -0.506 e. The molecule has 0 radical (unpaired) electrons. The third-order valence-electron chi connectivity index (χ3n) is 3.21. The molecule has 0 aliphatic heterocycles. The van der Waals surface area contributed by atoms with Crippen molar-refractivity contribution in [2.24, 2.45) is 0 Å². The average Bonchev–Trinajstić information content (AvgIpc) is 2.43. The maximum Gasteiger partial charge on any atom is 0.138 e. The summed E-state index contributed by atoms with van der Waals surface area (Å²) in [5.74, 6) is 0.325. The Morgan fingerprint density at radius 1 is 0.950 bits per heavy atom. The summed E-state index contributed by atoms with van der Waals surface area (Å²) < 4.78 is 0. The molecule has 1 unspecified atom stereocenters. The second kappa shape index (κ2) is 5.57. The fraction of sp³-hybridized carbons (Fsp3) is 0.125. The molecule has 0 aromatic heterocycles. The number of rotatable bonds is 3. The molecule has 0 aliphatic rings. The lowest BCUT2D eigenvalue weighted by Crippen LogP contribution is -1.93. The zero-order valence-corrected chi connectivity index (χ0v) is 11.2. The predicted octanol–water partition coefficient (Wildman–Crippen LogP) is 3.08. The monoisotopic (exact) mass is 270 g/mol. The number of phenolic OH excluding ortho intramolecular Hbond substituents is 2. The number of anilines is 2. The van der Waals surface area contributed by atoms with Crippen LogP contribution in [0.1, 0.15) is 24.0 Å². The maximum absolute atomic E-state index is 9.41. The van der Waals surface area contributed by atoms with Gasteiger partial charge in [0.15, 0.2) is 0 Å². The predicted molar refractivity (Wildman–Crippen MR) is 82.5 cm³/mol. The Hall–Kier alpha value is -2.62. The van der Waals surface area contributed by atoms with Crippen LogP contribution in [0.25, 0.3) is 6.08 Å². The van der Waals surface area contributed by atoms with E-state index in [9.17, 15) is 10.2 Å². The van der Waals surface area contributed by atoms with Gasteiger partial charge in [0.25, 0.3) is 0 Å². The van der Waals surface area contributed by atoms with E-state index in [0.29, 0.717) is 11.4 Å². The first kappa shape index (κ1) is 13.8. The van der Waals surface area contributed by atoms with Crippen LogP contribution in [0.3, 0.4) is 0 Å². The van der Waals surface area contributed by atoms with Crippen molar-refractivity contribution in [1.82, 2.24) is 0 Å². The first-order valence-electron chi connectivity index (χ1n) is 6.32. The van der Waals surface area contributed by atoms with E-state index >= 15 is 0 Å². The van der Waals surface area contributed by atoms with Crippen LogP contribution >= 0.6 is 0 Å². The summed E-state index contributed by atoms with van der Waals surface area (Å²) >= 11 is 0. The number of aromatic hydroxyl groups is 2. The van der Waals surface area contributed by atoms with Gasteiger partial charge in [-0.1, -0.05) is 31.2 Å². The van der Waals surface area contributed by atoms with E-state index in [1.165, 1.54) is 0 Å². The van der Waals surface area contributed by atoms with Gasteiger partial charge in [0.05, 0.1) is 11.4 Å². The molecule has 6 N–H and O–H groups in total. The summed E-state index contributed by atoms with van der Waals surface area (Å²) in [7, 11) is 0. The molecule has 104 valence electrons. The zero-order chi connectivity index (χ0) is 14.7. The molecule has 4 heteroatoms. The second-order valence-corrected chi connectivity index (χ2v) is 4.78. The van der Waals surface area contributed by atoms with Gasteiger partial charge in [-0.25, -0.2) is 0 Å². The molecule has 2 aromatic rings. The molecule has 2 rings (SSSR count). The summed E-state index contributed by atoms with van der Waals surface area (Å²) in [6.45, 7) is 2.03. The van der Waals surface area contributed by atoms with Crippen LogP contribution in [0, 0.1) is 0 Å². The van der Waals surface area contributed by atoms with Gasteiger partial charge in [0.2, 0.25) is 0 Å². The van der Waals surface area contributed by atoms with Crippen LogP contribution in [0.2, 0.25) is 0 Å². The normalized spacial score (nSPS) is 12.7. The summed E-state index contributed by atoms with van der Waals surface area (Å²) in [6, 6.07) is 10.3. The third-order valence-corrected chi connectivity index (χ3v) is 3.21. The van der Waals surface area contributed by atoms with Crippen molar-refractivity contribution in [1.29, 1.82) is 0 Å². The number of phenols is 2. The van der Waals surface area contributed by atoms with Crippen LogP contribution in [0.4, 0.5) is 11.4 Å². The highest BCUT2D eigenvalue weighted by Gasteiger charge is 2.04. The van der Waals surface area contributed by atoms with Gasteiger partial charge in [-0.2, -0.15) is 0 Å². The molecule has 0 bridgehead atoms. The first-order chi connectivity index (χ1) is 9.47. The number of benzene rings is 2. The molecular weight excluding hydrogens is 252 g/mol.